The van der Waals surface area contributed by atoms with Gasteiger partial charge in [-0.15, -0.1) is 0 Å². The topological polar surface area (TPSA) is 62.8 Å². The van der Waals surface area contributed by atoms with Crippen molar-refractivity contribution in [2.45, 2.75) is 39.5 Å². The summed E-state index contributed by atoms with van der Waals surface area (Å²) in [6.45, 7) is 5.60. The van der Waals surface area contributed by atoms with Gasteiger partial charge in [0.25, 0.3) is 0 Å². The third-order valence-corrected chi connectivity index (χ3v) is 4.86. The van der Waals surface area contributed by atoms with E-state index < -0.39 is 0 Å². The van der Waals surface area contributed by atoms with E-state index in [1.807, 2.05) is 60.7 Å². The fourth-order valence-electron chi connectivity index (χ4n) is 3.10. The first kappa shape index (κ1) is 22.3. The number of anilines is 4. The Balaban J connectivity index is 1.84. The van der Waals surface area contributed by atoms with Crippen LogP contribution in [0.2, 0.25) is 0 Å². The van der Waals surface area contributed by atoms with Gasteiger partial charge < -0.3 is 25.2 Å². The number of nitrogens with one attached hydrogen (secondary N) is 2. The summed E-state index contributed by atoms with van der Waals surface area (Å²) in [6.07, 6.45) is 4.15. The molecule has 164 valence electrons. The van der Waals surface area contributed by atoms with Gasteiger partial charge in [-0.05, 0) is 49.2 Å². The van der Waals surface area contributed by atoms with Gasteiger partial charge in [-0.1, -0.05) is 57.0 Å². The first-order valence-corrected chi connectivity index (χ1v) is 11.0. The molecule has 3 rings (SSSR count). The number of benzene rings is 3. The molecule has 0 bridgehead atoms. The maximum atomic E-state index is 10.6. The quantitative estimate of drug-likeness (QED) is 0.213. The summed E-state index contributed by atoms with van der Waals surface area (Å²) in [6, 6.07) is 21.0. The van der Waals surface area contributed by atoms with Crippen LogP contribution in [-0.4, -0.2) is 18.3 Å². The molecule has 0 atom stereocenters. The molecule has 0 radical (unpaired) electrons. The number of aromatic hydroxyl groups is 1. The minimum atomic E-state index is 0.151. The second-order valence-corrected chi connectivity index (χ2v) is 7.35. The van der Waals surface area contributed by atoms with Crippen LogP contribution in [-0.2, 0) is 0 Å². The van der Waals surface area contributed by atoms with Gasteiger partial charge in [-0.25, -0.2) is 0 Å². The molecule has 0 aromatic heterocycles. The average molecular weight is 421 g/mol. The van der Waals surface area contributed by atoms with Gasteiger partial charge in [0.2, 0.25) is 0 Å². The Kier molecular flexibility index (Phi) is 8.47. The highest BCUT2D eigenvalue weighted by Gasteiger charge is 2.13. The highest BCUT2D eigenvalue weighted by atomic mass is 16.5. The van der Waals surface area contributed by atoms with Crippen LogP contribution in [0.1, 0.15) is 39.5 Å². The maximum Gasteiger partial charge on any atom is 0.142 e. The van der Waals surface area contributed by atoms with Crippen LogP contribution >= 0.6 is 0 Å². The molecule has 0 heterocycles. The van der Waals surface area contributed by atoms with E-state index in [0.29, 0.717) is 18.9 Å². The van der Waals surface area contributed by atoms with Crippen molar-refractivity contribution in [2.24, 2.45) is 0 Å². The molecule has 5 nitrogen and oxygen atoms in total. The van der Waals surface area contributed by atoms with Gasteiger partial charge in [-0.2, -0.15) is 0 Å². The molecule has 0 spiro atoms. The molecular weight excluding hydrogens is 388 g/mol. The van der Waals surface area contributed by atoms with Crippen molar-refractivity contribution in [1.82, 2.24) is 0 Å². The van der Waals surface area contributed by atoms with Gasteiger partial charge in [0.15, 0.2) is 0 Å². The highest BCUT2D eigenvalue weighted by Crippen LogP contribution is 2.39. The van der Waals surface area contributed by atoms with Crippen LogP contribution in [0.3, 0.4) is 0 Å². The summed E-state index contributed by atoms with van der Waals surface area (Å²) >= 11 is 0. The standard InChI is InChI=1S/C26H32N2O3/c1-3-5-18-30-24-16-9-7-12-20(24)27-22-14-11-15-23(29)26(22)28-21-13-8-10-17-25(21)31-19-6-4-2/h7-17,27-29H,3-6,18-19H2,1-2H3. The Labute approximate surface area is 185 Å². The molecule has 0 aliphatic carbocycles. The van der Waals surface area contributed by atoms with Crippen molar-refractivity contribution in [2.75, 3.05) is 23.8 Å². The Bertz CT molecular complexity index is 959. The van der Waals surface area contributed by atoms with Crippen molar-refractivity contribution in [3.8, 4) is 17.2 Å². The zero-order valence-corrected chi connectivity index (χ0v) is 18.4. The number of rotatable bonds is 12. The molecule has 0 aliphatic rings. The molecule has 3 N–H and O–H groups in total. The number of para-hydroxylation sites is 5. The van der Waals surface area contributed by atoms with E-state index in [0.717, 1.165) is 54.2 Å². The fraction of sp³-hybridized carbons (Fsp3) is 0.308. The lowest BCUT2D eigenvalue weighted by atomic mass is 10.2. The lowest BCUT2D eigenvalue weighted by Gasteiger charge is -2.19. The van der Waals surface area contributed by atoms with Gasteiger partial charge >= 0.3 is 0 Å². The normalized spacial score (nSPS) is 10.5. The molecule has 0 amide bonds. The summed E-state index contributed by atoms with van der Waals surface area (Å²) in [4.78, 5) is 0. The Morgan fingerprint density at radius 3 is 1.74 bits per heavy atom. The first-order chi connectivity index (χ1) is 15.2. The van der Waals surface area contributed by atoms with Crippen molar-refractivity contribution in [1.29, 1.82) is 0 Å². The number of hydrogen-bond donors (Lipinski definition) is 3. The Hall–Kier alpha value is -3.34. The van der Waals surface area contributed by atoms with Crippen LogP contribution < -0.4 is 20.1 Å². The van der Waals surface area contributed by atoms with Crippen LogP contribution in [0.4, 0.5) is 22.7 Å². The molecule has 3 aromatic carbocycles. The summed E-state index contributed by atoms with van der Waals surface area (Å²) in [5.41, 5.74) is 2.97. The number of hydrogen-bond acceptors (Lipinski definition) is 5. The predicted octanol–water partition coefficient (Wildman–Crippen LogP) is 7.24. The van der Waals surface area contributed by atoms with Gasteiger partial charge in [0.1, 0.15) is 22.9 Å². The van der Waals surface area contributed by atoms with E-state index in [2.05, 4.69) is 24.5 Å². The van der Waals surface area contributed by atoms with Crippen molar-refractivity contribution in [3.63, 3.8) is 0 Å². The minimum Gasteiger partial charge on any atom is -0.506 e. The largest absolute Gasteiger partial charge is 0.506 e. The summed E-state index contributed by atoms with van der Waals surface area (Å²) in [5, 5.41) is 17.4. The molecule has 5 heteroatoms. The third kappa shape index (κ3) is 6.32. The van der Waals surface area contributed by atoms with Crippen molar-refractivity contribution >= 4 is 22.7 Å². The average Bonchev–Trinajstić information content (AvgIpc) is 2.78. The number of phenolic OH excluding ortho intramolecular Hbond substituents is 1. The van der Waals surface area contributed by atoms with Crippen molar-refractivity contribution in [3.05, 3.63) is 66.7 Å². The van der Waals surface area contributed by atoms with Crippen LogP contribution in [0.15, 0.2) is 66.7 Å². The third-order valence-electron chi connectivity index (χ3n) is 4.86. The molecule has 0 aliphatic heterocycles. The first-order valence-electron chi connectivity index (χ1n) is 11.0. The van der Waals surface area contributed by atoms with E-state index in [-0.39, 0.29) is 5.75 Å². The smallest absolute Gasteiger partial charge is 0.142 e. The molecule has 0 fully saturated rings. The zero-order chi connectivity index (χ0) is 21.9. The summed E-state index contributed by atoms with van der Waals surface area (Å²) in [7, 11) is 0. The summed E-state index contributed by atoms with van der Waals surface area (Å²) in [5.74, 6) is 1.69. The number of phenols is 1. The van der Waals surface area contributed by atoms with E-state index in [4.69, 9.17) is 9.47 Å². The fourth-order valence-corrected chi connectivity index (χ4v) is 3.10. The van der Waals surface area contributed by atoms with Crippen LogP contribution in [0, 0.1) is 0 Å². The molecule has 0 saturated carbocycles. The van der Waals surface area contributed by atoms with E-state index >= 15 is 0 Å². The molecule has 3 aromatic rings. The lowest BCUT2D eigenvalue weighted by molar-refractivity contribution is 0.310. The Morgan fingerprint density at radius 2 is 1.16 bits per heavy atom. The summed E-state index contributed by atoms with van der Waals surface area (Å²) < 4.78 is 11.9. The molecule has 0 saturated heterocycles. The zero-order valence-electron chi connectivity index (χ0n) is 18.4. The highest BCUT2D eigenvalue weighted by molar-refractivity contribution is 5.85. The molecule has 0 unspecified atom stereocenters. The van der Waals surface area contributed by atoms with Gasteiger partial charge in [0, 0.05) is 0 Å². The lowest BCUT2D eigenvalue weighted by Crippen LogP contribution is -2.03. The maximum absolute atomic E-state index is 10.6. The molecule has 31 heavy (non-hydrogen) atoms. The molecular formula is C26H32N2O3. The SMILES string of the molecule is CCCCOc1ccccc1Nc1cccc(O)c1Nc1ccccc1OCCCC. The van der Waals surface area contributed by atoms with Crippen molar-refractivity contribution < 1.29 is 14.6 Å². The second kappa shape index (κ2) is 11.7. The van der Waals surface area contributed by atoms with Crippen LogP contribution in [0.25, 0.3) is 0 Å². The van der Waals surface area contributed by atoms with E-state index in [1.165, 1.54) is 0 Å². The number of ether oxygens (including phenoxy) is 2. The monoisotopic (exact) mass is 420 g/mol. The van der Waals surface area contributed by atoms with Gasteiger partial charge in [-0.3, -0.25) is 0 Å². The minimum absolute atomic E-state index is 0.151. The number of unbranched alkanes of at least 4 members (excludes halogenated alkanes) is 2. The predicted molar refractivity (Wildman–Crippen MR) is 128 cm³/mol. The van der Waals surface area contributed by atoms with Crippen LogP contribution in [0.5, 0.6) is 17.2 Å². The van der Waals surface area contributed by atoms with E-state index in [1.54, 1.807) is 6.07 Å². The Morgan fingerprint density at radius 1 is 0.645 bits per heavy atom. The van der Waals surface area contributed by atoms with E-state index in [9.17, 15) is 5.11 Å². The second-order valence-electron chi connectivity index (χ2n) is 7.35. The van der Waals surface area contributed by atoms with Gasteiger partial charge in [0.05, 0.1) is 30.3 Å².